The molecule has 110 valence electrons. The van der Waals surface area contributed by atoms with Crippen LogP contribution in [-0.2, 0) is 23.5 Å². The second-order valence-corrected chi connectivity index (χ2v) is 7.61. The van der Waals surface area contributed by atoms with Gasteiger partial charge in [0.2, 0.25) is 0 Å². The second kappa shape index (κ2) is 5.63. The summed E-state index contributed by atoms with van der Waals surface area (Å²) in [6.45, 7) is 4.13. The summed E-state index contributed by atoms with van der Waals surface area (Å²) in [5, 5.41) is 0.0982. The summed E-state index contributed by atoms with van der Waals surface area (Å²) in [5.74, 6) is 0.676. The largest absolute Gasteiger partial charge is 0.337 e. The Kier molecular flexibility index (Phi) is 4.26. The Balaban J connectivity index is 2.11. The quantitative estimate of drug-likeness (QED) is 0.835. The number of sulfonamides is 1. The molecule has 0 aliphatic rings. The van der Waals surface area contributed by atoms with E-state index < -0.39 is 10.0 Å². The average Bonchev–Trinajstić information content (AvgIpc) is 2.94. The minimum atomic E-state index is -3.52. The third kappa shape index (κ3) is 2.92. The molecule has 0 bridgehead atoms. The third-order valence-electron chi connectivity index (χ3n) is 3.26. The number of likely N-dealkylation sites (N-methyl/N-ethyl adjacent to an activating group) is 1. The van der Waals surface area contributed by atoms with Crippen LogP contribution in [0.3, 0.4) is 0 Å². The molecule has 0 unspecified atom stereocenters. The Morgan fingerprint density at radius 1 is 1.40 bits per heavy atom. The van der Waals surface area contributed by atoms with Gasteiger partial charge in [-0.15, -0.1) is 11.3 Å². The molecule has 0 aromatic carbocycles. The molecule has 0 atom stereocenters. The Morgan fingerprint density at radius 2 is 2.10 bits per heavy atom. The number of aromatic nitrogens is 3. The van der Waals surface area contributed by atoms with E-state index in [4.69, 9.17) is 0 Å². The van der Waals surface area contributed by atoms with Crippen molar-refractivity contribution in [2.24, 2.45) is 7.05 Å². The first-order valence-electron chi connectivity index (χ1n) is 6.17. The predicted octanol–water partition coefficient (Wildman–Crippen LogP) is 1.36. The van der Waals surface area contributed by atoms with Gasteiger partial charge < -0.3 is 4.57 Å². The Labute approximate surface area is 123 Å². The van der Waals surface area contributed by atoms with Crippen LogP contribution in [0, 0.1) is 13.8 Å². The average molecular weight is 314 g/mol. The molecule has 2 aromatic heterocycles. The van der Waals surface area contributed by atoms with E-state index in [1.165, 1.54) is 4.31 Å². The van der Waals surface area contributed by atoms with E-state index in [1.807, 2.05) is 6.92 Å². The first-order valence-corrected chi connectivity index (χ1v) is 8.49. The summed E-state index contributed by atoms with van der Waals surface area (Å²) in [6.07, 6.45) is 2.21. The van der Waals surface area contributed by atoms with Crippen molar-refractivity contribution >= 4 is 21.4 Å². The van der Waals surface area contributed by atoms with E-state index in [2.05, 4.69) is 9.97 Å². The molecule has 0 amide bonds. The normalized spacial score (nSPS) is 12.2. The fraction of sp³-hybridized carbons (Fsp3) is 0.500. The van der Waals surface area contributed by atoms with Gasteiger partial charge in [-0.3, -0.25) is 0 Å². The summed E-state index contributed by atoms with van der Waals surface area (Å²) >= 11 is 1.55. The lowest BCUT2D eigenvalue weighted by molar-refractivity contribution is 0.470. The first-order chi connectivity index (χ1) is 9.32. The summed E-state index contributed by atoms with van der Waals surface area (Å²) in [5.41, 5.74) is 2.75. The second-order valence-electron chi connectivity index (χ2n) is 4.67. The van der Waals surface area contributed by atoms with Crippen LogP contribution in [0.15, 0.2) is 16.7 Å². The molecule has 0 fully saturated rings. The van der Waals surface area contributed by atoms with E-state index in [0.717, 1.165) is 10.6 Å². The van der Waals surface area contributed by atoms with Crippen molar-refractivity contribution in [2.45, 2.75) is 25.3 Å². The van der Waals surface area contributed by atoms with Crippen molar-refractivity contribution < 1.29 is 8.42 Å². The van der Waals surface area contributed by atoms with Crippen LogP contribution in [0.25, 0.3) is 0 Å². The lowest BCUT2D eigenvalue weighted by Crippen LogP contribution is -2.29. The molecule has 0 N–H and O–H groups in total. The number of thiazole rings is 1. The van der Waals surface area contributed by atoms with Gasteiger partial charge in [0.1, 0.15) is 5.82 Å². The zero-order valence-corrected chi connectivity index (χ0v) is 13.6. The lowest BCUT2D eigenvalue weighted by Gasteiger charge is -2.15. The van der Waals surface area contributed by atoms with Crippen LogP contribution < -0.4 is 0 Å². The van der Waals surface area contributed by atoms with Crippen LogP contribution in [-0.4, -0.2) is 40.9 Å². The zero-order chi connectivity index (χ0) is 14.9. The Morgan fingerprint density at radius 3 is 2.60 bits per heavy atom. The van der Waals surface area contributed by atoms with Crippen molar-refractivity contribution in [3.63, 3.8) is 0 Å². The van der Waals surface area contributed by atoms with Crippen molar-refractivity contribution in [3.8, 4) is 0 Å². The van der Waals surface area contributed by atoms with Crippen LogP contribution in [0.5, 0.6) is 0 Å². The number of aryl methyl sites for hydroxylation is 3. The van der Waals surface area contributed by atoms with Gasteiger partial charge in [0.15, 0.2) is 5.03 Å². The molecule has 0 radical (unpaired) electrons. The van der Waals surface area contributed by atoms with Crippen LogP contribution in [0.1, 0.15) is 16.4 Å². The highest BCUT2D eigenvalue weighted by Gasteiger charge is 2.24. The van der Waals surface area contributed by atoms with E-state index in [-0.39, 0.29) is 5.03 Å². The van der Waals surface area contributed by atoms with Gasteiger partial charge in [-0.2, -0.15) is 4.31 Å². The summed E-state index contributed by atoms with van der Waals surface area (Å²) < 4.78 is 27.8. The zero-order valence-electron chi connectivity index (χ0n) is 12.0. The number of rotatable bonds is 5. The molecular formula is C12H18N4O2S2. The molecule has 0 aliphatic heterocycles. The molecular weight excluding hydrogens is 296 g/mol. The number of imidazole rings is 1. The third-order valence-corrected chi connectivity index (χ3v) is 5.98. The molecule has 0 aliphatic carbocycles. The van der Waals surface area contributed by atoms with Gasteiger partial charge in [-0.05, 0) is 20.3 Å². The fourth-order valence-electron chi connectivity index (χ4n) is 1.76. The van der Waals surface area contributed by atoms with Crippen LogP contribution in [0.4, 0.5) is 0 Å². The summed E-state index contributed by atoms with van der Waals surface area (Å²) in [4.78, 5) is 9.37. The van der Waals surface area contributed by atoms with E-state index in [0.29, 0.717) is 18.8 Å². The monoisotopic (exact) mass is 314 g/mol. The molecule has 2 aromatic rings. The maximum absolute atomic E-state index is 12.4. The smallest absolute Gasteiger partial charge is 0.261 e. The lowest BCUT2D eigenvalue weighted by atomic mass is 10.3. The molecule has 8 heteroatoms. The van der Waals surface area contributed by atoms with Gasteiger partial charge in [0, 0.05) is 31.7 Å². The minimum Gasteiger partial charge on any atom is -0.337 e. The number of hydrogen-bond donors (Lipinski definition) is 0. The molecule has 2 heterocycles. The van der Waals surface area contributed by atoms with Gasteiger partial charge >= 0.3 is 0 Å². The standard InChI is InChI=1S/C12H18N4O2S2/c1-9-11(19-8-13-9)5-6-16(4)20(17,18)12-7-15(3)10(2)14-12/h7-8H,5-6H2,1-4H3. The topological polar surface area (TPSA) is 68.1 Å². The van der Waals surface area contributed by atoms with Crippen molar-refractivity contribution in [2.75, 3.05) is 13.6 Å². The van der Waals surface area contributed by atoms with E-state index in [9.17, 15) is 8.42 Å². The van der Waals surface area contributed by atoms with Crippen LogP contribution >= 0.6 is 11.3 Å². The predicted molar refractivity (Wildman–Crippen MR) is 78.3 cm³/mol. The van der Waals surface area contributed by atoms with Gasteiger partial charge in [0.25, 0.3) is 10.0 Å². The van der Waals surface area contributed by atoms with Gasteiger partial charge in [0.05, 0.1) is 11.2 Å². The fourth-order valence-corrected chi connectivity index (χ4v) is 3.72. The Bertz CT molecular complexity index is 683. The van der Waals surface area contributed by atoms with E-state index in [1.54, 1.807) is 48.6 Å². The van der Waals surface area contributed by atoms with Gasteiger partial charge in [-0.1, -0.05) is 0 Å². The summed E-state index contributed by atoms with van der Waals surface area (Å²) in [7, 11) is -0.162. The number of hydrogen-bond acceptors (Lipinski definition) is 5. The maximum Gasteiger partial charge on any atom is 0.261 e. The molecule has 0 saturated heterocycles. The SMILES string of the molecule is Cc1ncsc1CCN(C)S(=O)(=O)c1cn(C)c(C)n1. The van der Waals surface area contributed by atoms with Crippen molar-refractivity contribution in [3.05, 3.63) is 28.1 Å². The molecule has 0 spiro atoms. The van der Waals surface area contributed by atoms with Crippen molar-refractivity contribution in [1.29, 1.82) is 0 Å². The van der Waals surface area contributed by atoms with Crippen molar-refractivity contribution in [1.82, 2.24) is 18.8 Å². The molecule has 6 nitrogen and oxygen atoms in total. The summed E-state index contributed by atoms with van der Waals surface area (Å²) in [6, 6.07) is 0. The minimum absolute atomic E-state index is 0.0982. The Hall–Kier alpha value is -1.25. The number of nitrogens with zero attached hydrogens (tertiary/aromatic N) is 4. The van der Waals surface area contributed by atoms with E-state index >= 15 is 0 Å². The highest BCUT2D eigenvalue weighted by molar-refractivity contribution is 7.89. The van der Waals surface area contributed by atoms with Crippen LogP contribution in [0.2, 0.25) is 0 Å². The molecule has 20 heavy (non-hydrogen) atoms. The molecule has 0 saturated carbocycles. The first kappa shape index (κ1) is 15.1. The maximum atomic E-state index is 12.4. The highest BCUT2D eigenvalue weighted by Crippen LogP contribution is 2.16. The van der Waals surface area contributed by atoms with Gasteiger partial charge in [-0.25, -0.2) is 18.4 Å². The highest BCUT2D eigenvalue weighted by atomic mass is 32.2. The molecule has 2 rings (SSSR count).